The lowest BCUT2D eigenvalue weighted by atomic mass is 10.2. The van der Waals surface area contributed by atoms with E-state index < -0.39 is 21.4 Å². The van der Waals surface area contributed by atoms with Gasteiger partial charge in [-0.2, -0.15) is 8.42 Å². The van der Waals surface area contributed by atoms with Crippen molar-refractivity contribution in [3.63, 3.8) is 0 Å². The molecule has 0 saturated carbocycles. The lowest BCUT2D eigenvalue weighted by molar-refractivity contribution is 0.487. The van der Waals surface area contributed by atoms with Crippen molar-refractivity contribution in [1.82, 2.24) is 14.1 Å². The van der Waals surface area contributed by atoms with Gasteiger partial charge in [0.1, 0.15) is 10.3 Å². The standard InChI is InChI=1S/C19H21N3O5S/c1-5-21-17-16(18(23)22(6-2)19(21)24)15(11-13(4)20-17)27-28(25,26)14-9-7-12(3)8-10-14/h7-11H,5-6H2,1-4H3. The molecule has 0 atom stereocenters. The number of fused-ring (bicyclic) bond motifs is 1. The topological polar surface area (TPSA) is 100 Å². The first kappa shape index (κ1) is 19.8. The van der Waals surface area contributed by atoms with Crippen LogP contribution in [-0.2, 0) is 23.2 Å². The van der Waals surface area contributed by atoms with Crippen LogP contribution < -0.4 is 15.4 Å². The van der Waals surface area contributed by atoms with Crippen LogP contribution in [0.15, 0.2) is 44.8 Å². The Morgan fingerprint density at radius 3 is 2.18 bits per heavy atom. The third-order valence-corrected chi connectivity index (χ3v) is 5.66. The highest BCUT2D eigenvalue weighted by Crippen LogP contribution is 2.25. The van der Waals surface area contributed by atoms with E-state index in [4.69, 9.17) is 4.18 Å². The van der Waals surface area contributed by atoms with Crippen molar-refractivity contribution in [3.8, 4) is 5.75 Å². The van der Waals surface area contributed by atoms with Crippen LogP contribution in [0, 0.1) is 13.8 Å². The molecule has 2 aromatic heterocycles. The lowest BCUT2D eigenvalue weighted by Gasteiger charge is -2.14. The van der Waals surface area contributed by atoms with E-state index in [0.29, 0.717) is 5.69 Å². The van der Waals surface area contributed by atoms with E-state index in [9.17, 15) is 18.0 Å². The van der Waals surface area contributed by atoms with E-state index in [0.717, 1.165) is 10.1 Å². The number of hydrogen-bond acceptors (Lipinski definition) is 6. The van der Waals surface area contributed by atoms with Crippen LogP contribution in [0.25, 0.3) is 11.0 Å². The Bertz CT molecular complexity index is 1270. The SMILES string of the molecule is CCn1c(=O)c2c(OS(=O)(=O)c3ccc(C)cc3)cc(C)nc2n(CC)c1=O. The lowest BCUT2D eigenvalue weighted by Crippen LogP contribution is -2.40. The van der Waals surface area contributed by atoms with Gasteiger partial charge in [0, 0.05) is 24.8 Å². The summed E-state index contributed by atoms with van der Waals surface area (Å²) in [5.74, 6) is -0.141. The average Bonchev–Trinajstić information content (AvgIpc) is 2.62. The minimum absolute atomic E-state index is 0.0275. The predicted molar refractivity (Wildman–Crippen MR) is 105 cm³/mol. The van der Waals surface area contributed by atoms with E-state index in [2.05, 4.69) is 4.98 Å². The maximum atomic E-state index is 12.9. The molecule has 9 heteroatoms. The van der Waals surface area contributed by atoms with Gasteiger partial charge in [-0.05, 0) is 39.8 Å². The highest BCUT2D eigenvalue weighted by atomic mass is 32.2. The van der Waals surface area contributed by atoms with Crippen LogP contribution in [0.1, 0.15) is 25.1 Å². The van der Waals surface area contributed by atoms with Crippen molar-refractivity contribution in [1.29, 1.82) is 0 Å². The molecule has 2 heterocycles. The molecule has 0 fully saturated rings. The maximum absolute atomic E-state index is 12.9. The van der Waals surface area contributed by atoms with Gasteiger partial charge in [-0.1, -0.05) is 17.7 Å². The van der Waals surface area contributed by atoms with Crippen molar-refractivity contribution in [2.75, 3.05) is 0 Å². The molecule has 3 aromatic rings. The summed E-state index contributed by atoms with van der Waals surface area (Å²) < 4.78 is 33.2. The third kappa shape index (κ3) is 3.33. The molecule has 3 rings (SSSR count). The second kappa shape index (κ2) is 7.23. The van der Waals surface area contributed by atoms with E-state index in [1.54, 1.807) is 32.9 Å². The number of nitrogens with zero attached hydrogens (tertiary/aromatic N) is 3. The molecular formula is C19H21N3O5S. The Morgan fingerprint density at radius 2 is 1.61 bits per heavy atom. The van der Waals surface area contributed by atoms with Crippen LogP contribution >= 0.6 is 0 Å². The second-order valence-corrected chi connectivity index (χ2v) is 7.93. The quantitative estimate of drug-likeness (QED) is 0.604. The zero-order valence-corrected chi connectivity index (χ0v) is 16.9. The molecule has 0 aliphatic heterocycles. The van der Waals surface area contributed by atoms with E-state index in [1.807, 2.05) is 6.92 Å². The van der Waals surface area contributed by atoms with Gasteiger partial charge in [0.05, 0.1) is 0 Å². The van der Waals surface area contributed by atoms with Gasteiger partial charge >= 0.3 is 15.8 Å². The van der Waals surface area contributed by atoms with E-state index >= 15 is 0 Å². The summed E-state index contributed by atoms with van der Waals surface area (Å²) >= 11 is 0. The zero-order valence-electron chi connectivity index (χ0n) is 16.1. The molecule has 8 nitrogen and oxygen atoms in total. The van der Waals surface area contributed by atoms with E-state index in [-0.39, 0.29) is 34.8 Å². The molecule has 0 aliphatic carbocycles. The first-order valence-electron chi connectivity index (χ1n) is 8.85. The van der Waals surface area contributed by atoms with Crippen LogP contribution in [0.5, 0.6) is 5.75 Å². The van der Waals surface area contributed by atoms with Gasteiger partial charge in [0.15, 0.2) is 11.4 Å². The van der Waals surface area contributed by atoms with Crippen molar-refractivity contribution < 1.29 is 12.6 Å². The summed E-state index contributed by atoms with van der Waals surface area (Å²) in [6.07, 6.45) is 0. The van der Waals surface area contributed by atoms with Gasteiger partial charge in [-0.25, -0.2) is 9.78 Å². The monoisotopic (exact) mass is 403 g/mol. The normalized spacial score (nSPS) is 11.7. The summed E-state index contributed by atoms with van der Waals surface area (Å²) in [5, 5.41) is -0.0374. The molecule has 0 saturated heterocycles. The summed E-state index contributed by atoms with van der Waals surface area (Å²) in [4.78, 5) is 29.7. The summed E-state index contributed by atoms with van der Waals surface area (Å²) in [7, 11) is -4.17. The van der Waals surface area contributed by atoms with Gasteiger partial charge in [-0.15, -0.1) is 0 Å². The zero-order chi connectivity index (χ0) is 20.6. The largest absolute Gasteiger partial charge is 0.378 e. The smallest absolute Gasteiger partial charge is 0.339 e. The minimum Gasteiger partial charge on any atom is -0.378 e. The molecule has 28 heavy (non-hydrogen) atoms. The number of benzene rings is 1. The average molecular weight is 403 g/mol. The van der Waals surface area contributed by atoms with Crippen molar-refractivity contribution in [2.45, 2.75) is 45.7 Å². The fourth-order valence-electron chi connectivity index (χ4n) is 2.98. The summed E-state index contributed by atoms with van der Waals surface area (Å²) in [5.41, 5.74) is 0.317. The molecule has 0 aliphatic rings. The molecule has 148 valence electrons. The fourth-order valence-corrected chi connectivity index (χ4v) is 3.92. The van der Waals surface area contributed by atoms with Gasteiger partial charge in [0.25, 0.3) is 5.56 Å². The summed E-state index contributed by atoms with van der Waals surface area (Å²) in [6, 6.07) is 7.58. The molecule has 0 spiro atoms. The van der Waals surface area contributed by atoms with Crippen molar-refractivity contribution in [3.05, 3.63) is 62.4 Å². The Morgan fingerprint density at radius 1 is 1.00 bits per heavy atom. The number of aryl methyl sites for hydroxylation is 3. The van der Waals surface area contributed by atoms with Gasteiger partial charge in [-0.3, -0.25) is 13.9 Å². The van der Waals surface area contributed by atoms with Gasteiger partial charge in [0.2, 0.25) is 0 Å². The molecule has 0 radical (unpaired) electrons. The first-order valence-corrected chi connectivity index (χ1v) is 10.3. The van der Waals surface area contributed by atoms with Crippen molar-refractivity contribution >= 4 is 21.2 Å². The van der Waals surface area contributed by atoms with Crippen LogP contribution in [0.2, 0.25) is 0 Å². The molecule has 0 amide bonds. The molecule has 0 N–H and O–H groups in total. The Balaban J connectivity index is 2.31. The maximum Gasteiger partial charge on any atom is 0.339 e. The predicted octanol–water partition coefficient (Wildman–Crippen LogP) is 1.98. The molecule has 0 unspecified atom stereocenters. The van der Waals surface area contributed by atoms with Gasteiger partial charge < -0.3 is 4.18 Å². The first-order chi connectivity index (χ1) is 13.2. The highest BCUT2D eigenvalue weighted by Gasteiger charge is 2.23. The Kier molecular flexibility index (Phi) is 5.12. The molecule has 0 bridgehead atoms. The second-order valence-electron chi connectivity index (χ2n) is 6.39. The van der Waals surface area contributed by atoms with E-state index in [1.165, 1.54) is 22.8 Å². The van der Waals surface area contributed by atoms with Crippen molar-refractivity contribution in [2.24, 2.45) is 0 Å². The molecule has 1 aromatic carbocycles. The molecular weight excluding hydrogens is 382 g/mol. The number of aromatic nitrogens is 3. The van der Waals surface area contributed by atoms with Crippen LogP contribution in [-0.4, -0.2) is 22.5 Å². The minimum atomic E-state index is -4.17. The number of rotatable bonds is 5. The Labute approximate surface area is 162 Å². The summed E-state index contributed by atoms with van der Waals surface area (Å²) in [6.45, 7) is 7.31. The Hall–Kier alpha value is -2.94. The highest BCUT2D eigenvalue weighted by molar-refractivity contribution is 7.87. The number of pyridine rings is 1. The number of hydrogen-bond donors (Lipinski definition) is 0. The third-order valence-electron chi connectivity index (χ3n) is 4.41. The fraction of sp³-hybridized carbons (Fsp3) is 0.316. The van der Waals surface area contributed by atoms with Crippen LogP contribution in [0.3, 0.4) is 0 Å². The van der Waals surface area contributed by atoms with Crippen LogP contribution in [0.4, 0.5) is 0 Å².